The lowest BCUT2D eigenvalue weighted by Crippen LogP contribution is -2.34. The van der Waals surface area contributed by atoms with E-state index in [2.05, 4.69) is 30.3 Å². The number of benzene rings is 2. The van der Waals surface area contributed by atoms with Crippen molar-refractivity contribution in [3.8, 4) is 0 Å². The summed E-state index contributed by atoms with van der Waals surface area (Å²) in [5, 5.41) is 0.754. The molecule has 0 saturated heterocycles. The first-order valence-corrected chi connectivity index (χ1v) is 13.6. The van der Waals surface area contributed by atoms with Gasteiger partial charge in [-0.1, -0.05) is 41.9 Å². The molecule has 0 aliphatic heterocycles. The van der Waals surface area contributed by atoms with Crippen LogP contribution >= 0.6 is 24.0 Å². The summed E-state index contributed by atoms with van der Waals surface area (Å²) < 4.78 is 25.9. The van der Waals surface area contributed by atoms with E-state index in [1.807, 2.05) is 12.1 Å². The predicted molar refractivity (Wildman–Crippen MR) is 135 cm³/mol. The van der Waals surface area contributed by atoms with Crippen LogP contribution in [0.3, 0.4) is 0 Å². The largest absolute Gasteiger partial charge is 0.327 e. The highest BCUT2D eigenvalue weighted by atomic mass is 35.5. The van der Waals surface area contributed by atoms with Crippen LogP contribution in [0.4, 0.5) is 0 Å². The molecule has 2 aromatic carbocycles. The zero-order valence-corrected chi connectivity index (χ0v) is 21.1. The summed E-state index contributed by atoms with van der Waals surface area (Å²) in [7, 11) is -3.14. The Labute approximate surface area is 204 Å². The van der Waals surface area contributed by atoms with Gasteiger partial charge in [-0.05, 0) is 85.3 Å². The van der Waals surface area contributed by atoms with Gasteiger partial charge in [0, 0.05) is 30.1 Å². The summed E-state index contributed by atoms with van der Waals surface area (Å²) in [4.78, 5) is 0. The number of hydrogen-bond donors (Lipinski definition) is 1. The van der Waals surface area contributed by atoms with Gasteiger partial charge in [0.2, 0.25) is 10.0 Å². The Morgan fingerprint density at radius 3 is 2.41 bits per heavy atom. The summed E-state index contributed by atoms with van der Waals surface area (Å²) in [5.74, 6) is 0.862. The highest BCUT2D eigenvalue weighted by Gasteiger charge is 2.29. The van der Waals surface area contributed by atoms with Crippen molar-refractivity contribution in [1.29, 1.82) is 0 Å². The lowest BCUT2D eigenvalue weighted by Gasteiger charge is -2.32. The normalized spacial score (nSPS) is 20.6. The molecule has 0 aromatic heterocycles. The Hall–Kier alpha value is -1.11. The smallest absolute Gasteiger partial charge is 0.211 e. The van der Waals surface area contributed by atoms with Crippen molar-refractivity contribution in [2.24, 2.45) is 11.7 Å². The highest BCUT2D eigenvalue weighted by molar-refractivity contribution is 7.88. The average Bonchev–Trinajstić information content (AvgIpc) is 3.54. The minimum atomic E-state index is -3.14. The van der Waals surface area contributed by atoms with Gasteiger partial charge >= 0.3 is 0 Å². The molecule has 2 aliphatic rings. The molecular weight excluding hydrogens is 463 g/mol. The topological polar surface area (TPSA) is 63.4 Å². The van der Waals surface area contributed by atoms with Crippen LogP contribution in [0.15, 0.2) is 42.5 Å². The summed E-state index contributed by atoms with van der Waals surface area (Å²) in [6.45, 7) is 1.28. The second-order valence-corrected chi connectivity index (χ2v) is 11.8. The number of aryl methyl sites for hydroxylation is 2. The minimum absolute atomic E-state index is 0. The summed E-state index contributed by atoms with van der Waals surface area (Å²) in [5.41, 5.74) is 11.9. The fourth-order valence-corrected chi connectivity index (χ4v) is 5.77. The predicted octanol–water partition coefficient (Wildman–Crippen LogP) is 4.97. The number of halogens is 2. The van der Waals surface area contributed by atoms with Gasteiger partial charge in [0.05, 0.1) is 6.26 Å². The van der Waals surface area contributed by atoms with Crippen molar-refractivity contribution in [2.75, 3.05) is 19.3 Å². The van der Waals surface area contributed by atoms with E-state index < -0.39 is 10.0 Å². The van der Waals surface area contributed by atoms with E-state index in [0.29, 0.717) is 24.9 Å². The van der Waals surface area contributed by atoms with Crippen LogP contribution in [0, 0.1) is 5.92 Å². The molecule has 0 bridgehead atoms. The molecule has 4 nitrogen and oxygen atoms in total. The lowest BCUT2D eigenvalue weighted by atomic mass is 9.76. The van der Waals surface area contributed by atoms with Crippen molar-refractivity contribution in [2.45, 2.75) is 56.9 Å². The zero-order chi connectivity index (χ0) is 22.0. The van der Waals surface area contributed by atoms with E-state index >= 15 is 0 Å². The third-order valence-corrected chi connectivity index (χ3v) is 8.26. The fourth-order valence-electron chi connectivity index (χ4n) is 4.70. The molecule has 2 atom stereocenters. The molecule has 2 aliphatic carbocycles. The maximum atomic E-state index is 12.1. The van der Waals surface area contributed by atoms with E-state index in [0.717, 1.165) is 50.0 Å². The molecule has 2 unspecified atom stereocenters. The number of nitrogens with zero attached hydrogens (tertiary/aromatic N) is 1. The Balaban J connectivity index is 0.00000289. The minimum Gasteiger partial charge on any atom is -0.327 e. The number of rotatable bonds is 9. The van der Waals surface area contributed by atoms with Crippen molar-refractivity contribution >= 4 is 34.0 Å². The summed E-state index contributed by atoms with van der Waals surface area (Å²) in [6, 6.07) is 15.0. The maximum absolute atomic E-state index is 12.1. The first-order valence-electron chi connectivity index (χ1n) is 11.4. The van der Waals surface area contributed by atoms with Gasteiger partial charge in [-0.3, -0.25) is 0 Å². The standard InChI is InChI=1S/C25H33ClN2O2S.ClH/c1-31(29,30)28(17-20-4-5-20)14-2-3-18-6-9-21-10-13-25(27)24(23(21)15-18)16-19-7-11-22(26)12-8-19;/h6-9,11-12,15,20,24-25H,2-5,10,13-14,16-17,27H2,1H3;1H. The van der Waals surface area contributed by atoms with E-state index in [9.17, 15) is 8.42 Å². The monoisotopic (exact) mass is 496 g/mol. The summed E-state index contributed by atoms with van der Waals surface area (Å²) in [6.07, 6.45) is 8.32. The quantitative estimate of drug-likeness (QED) is 0.532. The van der Waals surface area contributed by atoms with Crippen molar-refractivity contribution in [1.82, 2.24) is 4.31 Å². The highest BCUT2D eigenvalue weighted by Crippen LogP contribution is 2.35. The number of hydrogen-bond acceptors (Lipinski definition) is 3. The zero-order valence-electron chi connectivity index (χ0n) is 18.7. The molecule has 176 valence electrons. The van der Waals surface area contributed by atoms with Crippen molar-refractivity contribution in [3.05, 3.63) is 69.7 Å². The van der Waals surface area contributed by atoms with E-state index in [1.54, 1.807) is 4.31 Å². The van der Waals surface area contributed by atoms with Crippen LogP contribution in [0.25, 0.3) is 0 Å². The molecule has 0 heterocycles. The van der Waals surface area contributed by atoms with Gasteiger partial charge in [-0.25, -0.2) is 12.7 Å². The molecule has 1 saturated carbocycles. The molecule has 0 spiro atoms. The number of nitrogens with two attached hydrogens (primary N) is 1. The summed E-state index contributed by atoms with van der Waals surface area (Å²) >= 11 is 6.05. The van der Waals surface area contributed by atoms with Crippen molar-refractivity contribution in [3.63, 3.8) is 0 Å². The second kappa shape index (κ2) is 10.9. The third-order valence-electron chi connectivity index (χ3n) is 6.74. The molecule has 32 heavy (non-hydrogen) atoms. The Morgan fingerprint density at radius 1 is 1.06 bits per heavy atom. The number of fused-ring (bicyclic) bond motifs is 1. The molecular formula is C25H34Cl2N2O2S. The van der Waals surface area contributed by atoms with Gasteiger partial charge in [0.15, 0.2) is 0 Å². The maximum Gasteiger partial charge on any atom is 0.211 e. The van der Waals surface area contributed by atoms with Gasteiger partial charge in [0.25, 0.3) is 0 Å². The fraction of sp³-hybridized carbons (Fsp3) is 0.520. The van der Waals surface area contributed by atoms with Gasteiger partial charge in [-0.15, -0.1) is 12.4 Å². The number of sulfonamides is 1. The second-order valence-electron chi connectivity index (χ2n) is 9.34. The molecule has 2 aromatic rings. The van der Waals surface area contributed by atoms with Crippen LogP contribution in [0.1, 0.15) is 53.9 Å². The molecule has 0 radical (unpaired) electrons. The van der Waals surface area contributed by atoms with E-state index in [-0.39, 0.29) is 18.4 Å². The van der Waals surface area contributed by atoms with Gasteiger partial charge in [-0.2, -0.15) is 0 Å². The third kappa shape index (κ3) is 6.71. The molecule has 0 amide bonds. The van der Waals surface area contributed by atoms with Crippen LogP contribution in [0.5, 0.6) is 0 Å². The average molecular weight is 498 g/mol. The van der Waals surface area contributed by atoms with Crippen LogP contribution in [0.2, 0.25) is 5.02 Å². The van der Waals surface area contributed by atoms with Crippen LogP contribution in [-0.4, -0.2) is 38.1 Å². The Kier molecular flexibility index (Phi) is 8.67. The van der Waals surface area contributed by atoms with E-state index in [1.165, 1.54) is 28.5 Å². The van der Waals surface area contributed by atoms with Crippen LogP contribution in [-0.2, 0) is 29.3 Å². The van der Waals surface area contributed by atoms with Crippen LogP contribution < -0.4 is 5.73 Å². The Morgan fingerprint density at radius 2 is 1.75 bits per heavy atom. The lowest BCUT2D eigenvalue weighted by molar-refractivity contribution is 0.393. The SMILES string of the molecule is CS(=O)(=O)N(CCCc1ccc2c(c1)C(Cc1ccc(Cl)cc1)C(N)CC2)CC1CC1.Cl. The molecule has 1 fully saturated rings. The molecule has 2 N–H and O–H groups in total. The van der Waals surface area contributed by atoms with E-state index in [4.69, 9.17) is 17.3 Å². The van der Waals surface area contributed by atoms with Gasteiger partial charge < -0.3 is 5.73 Å². The first-order chi connectivity index (χ1) is 14.8. The van der Waals surface area contributed by atoms with Gasteiger partial charge in [0.1, 0.15) is 0 Å². The molecule has 7 heteroatoms. The van der Waals surface area contributed by atoms with Crippen molar-refractivity contribution < 1.29 is 8.42 Å². The Bertz CT molecular complexity index is 1010. The molecule has 4 rings (SSSR count). The first kappa shape index (κ1) is 25.5.